The minimum absolute atomic E-state index is 0.153. The lowest BCUT2D eigenvalue weighted by Gasteiger charge is -2.11. The van der Waals surface area contributed by atoms with Crippen LogP contribution in [0.1, 0.15) is 26.5 Å². The van der Waals surface area contributed by atoms with E-state index in [2.05, 4.69) is 34.8 Å². The first-order chi connectivity index (χ1) is 5.58. The van der Waals surface area contributed by atoms with Gasteiger partial charge in [-0.1, -0.05) is 5.16 Å². The zero-order valence-electron chi connectivity index (χ0n) is 7.44. The second-order valence-corrected chi connectivity index (χ2v) is 4.98. The number of hydrogen-bond acceptors (Lipinski definition) is 4. The number of rotatable bonds is 2. The molecule has 0 amide bonds. The number of hydrogen-bond donors (Lipinski definition) is 0. The van der Waals surface area contributed by atoms with Gasteiger partial charge < -0.3 is 4.52 Å². The van der Waals surface area contributed by atoms with Gasteiger partial charge in [0.05, 0.1) is 6.21 Å². The quantitative estimate of drug-likeness (QED) is 0.523. The van der Waals surface area contributed by atoms with Gasteiger partial charge in [-0.2, -0.15) is 0 Å². The topological polar surface area (TPSA) is 38.4 Å². The van der Waals surface area contributed by atoms with E-state index in [1.165, 1.54) is 18.2 Å². The molecule has 1 aromatic rings. The molecule has 0 saturated carbocycles. The van der Waals surface area contributed by atoms with Gasteiger partial charge >= 0.3 is 0 Å². The number of nitrogens with zero attached hydrogens (tertiary/aromatic N) is 2. The zero-order valence-corrected chi connectivity index (χ0v) is 8.26. The van der Waals surface area contributed by atoms with Crippen LogP contribution in [-0.2, 0) is 0 Å². The fraction of sp³-hybridized carbons (Fsp3) is 0.500. The second kappa shape index (κ2) is 3.76. The molecule has 12 heavy (non-hydrogen) atoms. The zero-order chi connectivity index (χ0) is 9.03. The predicted octanol–water partition coefficient (Wildman–Crippen LogP) is 2.54. The molecule has 1 rings (SSSR count). The van der Waals surface area contributed by atoms with E-state index in [0.717, 1.165) is 5.69 Å². The Kier molecular flexibility index (Phi) is 2.92. The summed E-state index contributed by atoms with van der Waals surface area (Å²) in [6.07, 6.45) is 3.22. The molecular formula is C8H12N2OS. The predicted molar refractivity (Wildman–Crippen MR) is 51.4 cm³/mol. The molecule has 0 aliphatic rings. The maximum Gasteiger partial charge on any atom is 0.125 e. The largest absolute Gasteiger partial charge is 0.364 e. The Morgan fingerprint density at radius 2 is 2.33 bits per heavy atom. The Labute approximate surface area is 76.4 Å². The average Bonchev–Trinajstić information content (AvgIpc) is 2.36. The van der Waals surface area contributed by atoms with Crippen molar-refractivity contribution in [1.82, 2.24) is 5.16 Å². The van der Waals surface area contributed by atoms with Gasteiger partial charge in [0.1, 0.15) is 12.0 Å². The molecule has 0 aliphatic carbocycles. The monoisotopic (exact) mass is 184 g/mol. The first-order valence-electron chi connectivity index (χ1n) is 3.70. The summed E-state index contributed by atoms with van der Waals surface area (Å²) in [6, 6.07) is 1.77. The highest BCUT2D eigenvalue weighted by Gasteiger charge is 2.08. The Hall–Kier alpha value is -0.770. The van der Waals surface area contributed by atoms with E-state index >= 15 is 0 Å². The van der Waals surface area contributed by atoms with Crippen molar-refractivity contribution < 1.29 is 4.52 Å². The van der Waals surface area contributed by atoms with E-state index in [0.29, 0.717) is 0 Å². The Morgan fingerprint density at radius 3 is 2.83 bits per heavy atom. The minimum Gasteiger partial charge on any atom is -0.364 e. The fourth-order valence-electron chi connectivity index (χ4n) is 0.527. The third-order valence-corrected chi connectivity index (χ3v) is 1.73. The third-order valence-electron chi connectivity index (χ3n) is 0.969. The maximum absolute atomic E-state index is 4.65. The summed E-state index contributed by atoms with van der Waals surface area (Å²) < 4.78 is 8.95. The van der Waals surface area contributed by atoms with Gasteiger partial charge in [-0.15, -0.1) is 0 Å². The van der Waals surface area contributed by atoms with Gasteiger partial charge in [-0.05, 0) is 32.7 Å². The highest BCUT2D eigenvalue weighted by Crippen LogP contribution is 2.23. The summed E-state index contributed by atoms with van der Waals surface area (Å²) in [6.45, 7) is 6.33. The highest BCUT2D eigenvalue weighted by atomic mass is 32.2. The molecule has 0 radical (unpaired) electrons. The summed E-state index contributed by atoms with van der Waals surface area (Å²) in [7, 11) is 0. The van der Waals surface area contributed by atoms with Gasteiger partial charge in [0.15, 0.2) is 0 Å². The molecule has 0 aliphatic heterocycles. The Morgan fingerprint density at radius 1 is 1.58 bits per heavy atom. The summed E-state index contributed by atoms with van der Waals surface area (Å²) in [5, 5.41) is 3.70. The normalized spacial score (nSPS) is 12.6. The lowest BCUT2D eigenvalue weighted by Crippen LogP contribution is -2.04. The fourth-order valence-corrected chi connectivity index (χ4v) is 1.00. The van der Waals surface area contributed by atoms with E-state index in [1.807, 2.05) is 0 Å². The van der Waals surface area contributed by atoms with Gasteiger partial charge in [0.2, 0.25) is 0 Å². The van der Waals surface area contributed by atoms with Crippen molar-refractivity contribution in [3.8, 4) is 0 Å². The Bertz CT molecular complexity index is 249. The van der Waals surface area contributed by atoms with E-state index in [-0.39, 0.29) is 4.75 Å². The summed E-state index contributed by atoms with van der Waals surface area (Å²) in [5.41, 5.74) is 0.756. The van der Waals surface area contributed by atoms with Crippen molar-refractivity contribution in [2.75, 3.05) is 0 Å². The molecule has 0 saturated heterocycles. The minimum atomic E-state index is 0.153. The maximum atomic E-state index is 4.65. The number of aromatic nitrogens is 1. The van der Waals surface area contributed by atoms with Crippen LogP contribution in [0.5, 0.6) is 0 Å². The first kappa shape index (κ1) is 9.32. The van der Waals surface area contributed by atoms with E-state index in [1.54, 1.807) is 12.3 Å². The van der Waals surface area contributed by atoms with E-state index < -0.39 is 0 Å². The van der Waals surface area contributed by atoms with Crippen molar-refractivity contribution in [2.45, 2.75) is 25.5 Å². The van der Waals surface area contributed by atoms with Crippen molar-refractivity contribution >= 4 is 18.2 Å². The molecule has 0 atom stereocenters. The van der Waals surface area contributed by atoms with Crippen LogP contribution in [0.4, 0.5) is 0 Å². The smallest absolute Gasteiger partial charge is 0.125 e. The van der Waals surface area contributed by atoms with Crippen molar-refractivity contribution in [2.24, 2.45) is 4.40 Å². The second-order valence-electron chi connectivity index (χ2n) is 3.36. The van der Waals surface area contributed by atoms with Crippen molar-refractivity contribution in [3.63, 3.8) is 0 Å². The van der Waals surface area contributed by atoms with Crippen molar-refractivity contribution in [1.29, 1.82) is 0 Å². The SMILES string of the molecule is CC(C)(C)SN=Cc1ccon1. The molecule has 0 fully saturated rings. The summed E-state index contributed by atoms with van der Waals surface area (Å²) >= 11 is 1.52. The van der Waals surface area contributed by atoms with Crippen LogP contribution in [0.25, 0.3) is 0 Å². The van der Waals surface area contributed by atoms with Gasteiger partial charge in [0, 0.05) is 10.8 Å². The molecule has 66 valence electrons. The van der Waals surface area contributed by atoms with Crippen LogP contribution in [0.3, 0.4) is 0 Å². The van der Waals surface area contributed by atoms with Gasteiger partial charge in [-0.3, -0.25) is 0 Å². The van der Waals surface area contributed by atoms with Crippen LogP contribution < -0.4 is 0 Å². The summed E-state index contributed by atoms with van der Waals surface area (Å²) in [4.78, 5) is 0. The van der Waals surface area contributed by atoms with Crippen LogP contribution >= 0.6 is 11.9 Å². The van der Waals surface area contributed by atoms with E-state index in [9.17, 15) is 0 Å². The molecule has 0 unspecified atom stereocenters. The summed E-state index contributed by atoms with van der Waals surface area (Å²) in [5.74, 6) is 0. The van der Waals surface area contributed by atoms with Crippen LogP contribution in [0.2, 0.25) is 0 Å². The molecular weight excluding hydrogens is 172 g/mol. The molecule has 0 spiro atoms. The standard InChI is InChI=1S/C8H12N2OS/c1-8(2,3)12-9-6-7-4-5-11-10-7/h4-6H,1-3H3. The van der Waals surface area contributed by atoms with Crippen LogP contribution in [-0.4, -0.2) is 16.1 Å². The molecule has 0 N–H and O–H groups in total. The lowest BCUT2D eigenvalue weighted by atomic mass is 10.3. The molecule has 1 heterocycles. The lowest BCUT2D eigenvalue weighted by molar-refractivity contribution is 0.419. The van der Waals surface area contributed by atoms with Crippen LogP contribution in [0.15, 0.2) is 21.3 Å². The van der Waals surface area contributed by atoms with Crippen LogP contribution in [0, 0.1) is 0 Å². The Balaban J connectivity index is 2.42. The van der Waals surface area contributed by atoms with Gasteiger partial charge in [-0.25, -0.2) is 4.40 Å². The molecule has 0 bridgehead atoms. The molecule has 1 aromatic heterocycles. The van der Waals surface area contributed by atoms with E-state index in [4.69, 9.17) is 0 Å². The van der Waals surface area contributed by atoms with Crippen molar-refractivity contribution in [3.05, 3.63) is 18.0 Å². The molecule has 3 nitrogen and oxygen atoms in total. The first-order valence-corrected chi connectivity index (χ1v) is 4.47. The molecule has 0 aromatic carbocycles. The third kappa shape index (κ3) is 3.57. The molecule has 4 heteroatoms. The highest BCUT2D eigenvalue weighted by molar-refractivity contribution is 7.99. The average molecular weight is 184 g/mol. The van der Waals surface area contributed by atoms with Gasteiger partial charge in [0.25, 0.3) is 0 Å².